The number of hydrogen-bond acceptors (Lipinski definition) is 2. The highest BCUT2D eigenvalue weighted by Gasteiger charge is 2.47. The van der Waals surface area contributed by atoms with Gasteiger partial charge in [-0.05, 0) is 166 Å². The van der Waals surface area contributed by atoms with Crippen LogP contribution in [0.2, 0.25) is 0 Å². The molecular weight excluding hydrogens is 832 g/mol. The predicted octanol–water partition coefficient (Wildman–Crippen LogP) is 16.6. The number of anilines is 6. The van der Waals surface area contributed by atoms with Gasteiger partial charge in [-0.2, -0.15) is 0 Å². The van der Waals surface area contributed by atoms with Crippen LogP contribution in [0, 0.1) is 0 Å². The highest BCUT2D eigenvalue weighted by molar-refractivity contribution is 7.00. The van der Waals surface area contributed by atoms with Gasteiger partial charge in [-0.1, -0.05) is 196 Å². The third-order valence-electron chi connectivity index (χ3n) is 16.1. The molecule has 352 valence electrons. The lowest BCUT2D eigenvalue weighted by atomic mass is 9.33. The molecule has 2 aliphatic heterocycles. The molecule has 0 radical (unpaired) electrons. The van der Waals surface area contributed by atoms with Gasteiger partial charge in [0, 0.05) is 34.0 Å². The van der Waals surface area contributed by atoms with Crippen molar-refractivity contribution < 1.29 is 0 Å². The topological polar surface area (TPSA) is 6.48 Å². The van der Waals surface area contributed by atoms with Crippen LogP contribution < -0.4 is 26.2 Å². The van der Waals surface area contributed by atoms with Crippen LogP contribution in [0.25, 0.3) is 22.3 Å². The first-order valence-corrected chi connectivity index (χ1v) is 25.8. The molecule has 10 rings (SSSR count). The van der Waals surface area contributed by atoms with Gasteiger partial charge in [-0.3, -0.25) is 0 Å². The third kappa shape index (κ3) is 8.06. The summed E-state index contributed by atoms with van der Waals surface area (Å²) in [6.07, 6.45) is 2.32. The Labute approximate surface area is 416 Å². The molecule has 0 unspecified atom stereocenters. The number of rotatable bonds is 4. The fourth-order valence-corrected chi connectivity index (χ4v) is 11.5. The zero-order valence-corrected chi connectivity index (χ0v) is 44.7. The third-order valence-corrected chi connectivity index (χ3v) is 16.1. The van der Waals surface area contributed by atoms with E-state index in [0.717, 1.165) is 12.8 Å². The van der Waals surface area contributed by atoms with Crippen LogP contribution in [-0.4, -0.2) is 6.71 Å². The molecule has 0 aromatic heterocycles. The smallest absolute Gasteiger partial charge is 0.252 e. The molecule has 0 saturated carbocycles. The summed E-state index contributed by atoms with van der Waals surface area (Å²) in [4.78, 5) is 5.36. The van der Waals surface area contributed by atoms with E-state index >= 15 is 0 Å². The van der Waals surface area contributed by atoms with Crippen molar-refractivity contribution >= 4 is 57.2 Å². The van der Waals surface area contributed by atoms with E-state index in [1.807, 2.05) is 0 Å². The Morgan fingerprint density at radius 2 is 0.884 bits per heavy atom. The molecule has 0 spiro atoms. The van der Waals surface area contributed by atoms with Crippen LogP contribution >= 0.6 is 0 Å². The van der Waals surface area contributed by atoms with Gasteiger partial charge >= 0.3 is 0 Å². The molecule has 69 heavy (non-hydrogen) atoms. The highest BCUT2D eigenvalue weighted by Crippen LogP contribution is 2.53. The monoisotopic (exact) mass is 907 g/mol. The fourth-order valence-electron chi connectivity index (χ4n) is 11.5. The molecule has 7 aromatic rings. The average molecular weight is 907 g/mol. The highest BCUT2D eigenvalue weighted by atomic mass is 15.2. The van der Waals surface area contributed by atoms with E-state index in [9.17, 15) is 0 Å². The Kier molecular flexibility index (Phi) is 10.8. The van der Waals surface area contributed by atoms with Gasteiger partial charge in [0.05, 0.1) is 5.69 Å². The predicted molar refractivity (Wildman–Crippen MR) is 301 cm³/mol. The molecule has 0 saturated heterocycles. The quantitative estimate of drug-likeness (QED) is 0.162. The van der Waals surface area contributed by atoms with Crippen LogP contribution in [0.15, 0.2) is 140 Å². The molecule has 3 aliphatic rings. The van der Waals surface area contributed by atoms with E-state index in [1.165, 1.54) is 106 Å². The lowest BCUT2D eigenvalue weighted by molar-refractivity contribution is 0.332. The Balaban J connectivity index is 1.37. The Morgan fingerprint density at radius 1 is 0.377 bits per heavy atom. The number of benzene rings is 7. The zero-order valence-electron chi connectivity index (χ0n) is 44.7. The summed E-state index contributed by atoms with van der Waals surface area (Å²) in [5, 5.41) is 0. The summed E-state index contributed by atoms with van der Waals surface area (Å²) in [6, 6.07) is 54.8. The summed E-state index contributed by atoms with van der Waals surface area (Å²) in [5.41, 5.74) is 24.8. The molecule has 0 bridgehead atoms. The fraction of sp³-hybridized carbons (Fsp3) is 0.364. The van der Waals surface area contributed by atoms with Gasteiger partial charge in [-0.25, -0.2) is 0 Å². The van der Waals surface area contributed by atoms with Crippen LogP contribution in [0.4, 0.5) is 34.1 Å². The molecule has 3 heteroatoms. The van der Waals surface area contributed by atoms with E-state index in [1.54, 1.807) is 0 Å². The summed E-state index contributed by atoms with van der Waals surface area (Å²) in [5.74, 6) is 0. The minimum Gasteiger partial charge on any atom is -0.311 e. The van der Waals surface area contributed by atoms with E-state index in [4.69, 9.17) is 0 Å². The second kappa shape index (κ2) is 15.9. The average Bonchev–Trinajstić information content (AvgIpc) is 3.29. The maximum Gasteiger partial charge on any atom is 0.252 e. The second-order valence-electron chi connectivity index (χ2n) is 26.3. The maximum absolute atomic E-state index is 2.72. The number of fused-ring (bicyclic) bond motifs is 5. The lowest BCUT2D eigenvalue weighted by Gasteiger charge is -2.48. The van der Waals surface area contributed by atoms with Crippen molar-refractivity contribution in [2.24, 2.45) is 0 Å². The molecule has 1 aliphatic carbocycles. The molecule has 0 N–H and O–H groups in total. The Bertz CT molecular complexity index is 3160. The summed E-state index contributed by atoms with van der Waals surface area (Å²) in [6.45, 7) is 38.2. The Morgan fingerprint density at radius 3 is 1.52 bits per heavy atom. The van der Waals surface area contributed by atoms with Gasteiger partial charge in [0.15, 0.2) is 0 Å². The molecule has 0 fully saturated rings. The first-order valence-electron chi connectivity index (χ1n) is 25.8. The van der Waals surface area contributed by atoms with Crippen molar-refractivity contribution in [2.75, 3.05) is 9.80 Å². The van der Waals surface area contributed by atoms with E-state index in [2.05, 4.69) is 260 Å². The lowest BCUT2D eigenvalue weighted by Crippen LogP contribution is -2.62. The minimum absolute atomic E-state index is 0.0139. The molecule has 2 heterocycles. The summed E-state index contributed by atoms with van der Waals surface area (Å²) >= 11 is 0. The van der Waals surface area contributed by atoms with Crippen molar-refractivity contribution in [3.8, 4) is 22.3 Å². The zero-order chi connectivity index (χ0) is 49.4. The van der Waals surface area contributed by atoms with Crippen molar-refractivity contribution in [3.05, 3.63) is 173 Å². The van der Waals surface area contributed by atoms with Crippen molar-refractivity contribution in [2.45, 2.75) is 156 Å². The standard InChI is InChI=1S/C66H75BN2/c1-61(2,3)45-26-21-27-49(35-45)68-56-37-47(63(7,8)9)28-30-53(56)67-54-40-51-52(66(15,16)33-32-65(51,13)14)41-57(54)69(59-39-48(64(10,11)12)38-58(68)60(59)67)55-31-29-46(62(4,5)6)36-50(55)44-25-20-24-43(34-44)42-22-18-17-19-23-42/h17-31,34-41H,32-33H2,1-16H3. The molecule has 0 amide bonds. The first kappa shape index (κ1) is 46.9. The van der Waals surface area contributed by atoms with Gasteiger partial charge in [0.1, 0.15) is 0 Å². The maximum atomic E-state index is 2.72. The van der Waals surface area contributed by atoms with Crippen molar-refractivity contribution in [3.63, 3.8) is 0 Å². The van der Waals surface area contributed by atoms with Gasteiger partial charge in [0.2, 0.25) is 0 Å². The van der Waals surface area contributed by atoms with E-state index < -0.39 is 0 Å². The molecule has 2 nitrogen and oxygen atoms in total. The van der Waals surface area contributed by atoms with Gasteiger partial charge in [0.25, 0.3) is 6.71 Å². The van der Waals surface area contributed by atoms with Crippen molar-refractivity contribution in [1.29, 1.82) is 0 Å². The minimum atomic E-state index is -0.135. The van der Waals surface area contributed by atoms with Crippen LogP contribution in [0.1, 0.15) is 157 Å². The number of hydrogen-bond donors (Lipinski definition) is 0. The summed E-state index contributed by atoms with van der Waals surface area (Å²) < 4.78 is 0. The summed E-state index contributed by atoms with van der Waals surface area (Å²) in [7, 11) is 0. The largest absolute Gasteiger partial charge is 0.311 e. The normalized spacial score (nSPS) is 16.1. The second-order valence-corrected chi connectivity index (χ2v) is 26.3. The SMILES string of the molecule is CC(C)(C)c1cccc(N2c3cc(C(C)(C)C)ccc3B3c4cc5c(cc4N(c4ccc(C(C)(C)C)cc4-c4cccc(-c6ccccc6)c4)c4cc(C(C)(C)C)cc2c43)C(C)(C)CCC5(C)C)c1. The molecular formula is C66H75BN2. The van der Waals surface area contributed by atoms with E-state index in [0.29, 0.717) is 0 Å². The van der Waals surface area contributed by atoms with E-state index in [-0.39, 0.29) is 39.2 Å². The number of nitrogens with zero attached hydrogens (tertiary/aromatic N) is 2. The van der Waals surface area contributed by atoms with Crippen LogP contribution in [-0.2, 0) is 32.5 Å². The van der Waals surface area contributed by atoms with Gasteiger partial charge < -0.3 is 9.80 Å². The van der Waals surface area contributed by atoms with Crippen LogP contribution in [0.3, 0.4) is 0 Å². The van der Waals surface area contributed by atoms with Crippen LogP contribution in [0.5, 0.6) is 0 Å². The first-order chi connectivity index (χ1) is 32.2. The molecule has 0 atom stereocenters. The Hall–Kier alpha value is -5.80. The van der Waals surface area contributed by atoms with Crippen molar-refractivity contribution in [1.82, 2.24) is 0 Å². The van der Waals surface area contributed by atoms with Gasteiger partial charge in [-0.15, -0.1) is 0 Å². The molecule has 7 aromatic carbocycles.